The van der Waals surface area contributed by atoms with Gasteiger partial charge in [0.05, 0.1) is 0 Å². The Kier molecular flexibility index (Phi) is 5.16. The zero-order valence-electron chi connectivity index (χ0n) is 11.8. The van der Waals surface area contributed by atoms with Crippen molar-refractivity contribution in [3.63, 3.8) is 0 Å². The summed E-state index contributed by atoms with van der Waals surface area (Å²) in [6, 6.07) is 12.9. The van der Waals surface area contributed by atoms with E-state index in [4.69, 9.17) is 11.6 Å². The summed E-state index contributed by atoms with van der Waals surface area (Å²) >= 11 is 6.22. The van der Waals surface area contributed by atoms with Crippen molar-refractivity contribution in [2.75, 3.05) is 6.54 Å². The Balaban J connectivity index is 2.29. The van der Waals surface area contributed by atoms with Crippen molar-refractivity contribution in [2.45, 2.75) is 26.3 Å². The van der Waals surface area contributed by atoms with Gasteiger partial charge in [0.25, 0.3) is 0 Å². The Morgan fingerprint density at radius 3 is 2.70 bits per heavy atom. The molecule has 2 aromatic carbocycles. The van der Waals surface area contributed by atoms with Crippen LogP contribution < -0.4 is 5.32 Å². The van der Waals surface area contributed by atoms with Gasteiger partial charge in [0.1, 0.15) is 5.82 Å². The molecule has 1 nitrogen and oxygen atoms in total. The molecule has 0 aliphatic carbocycles. The van der Waals surface area contributed by atoms with Crippen LogP contribution in [-0.2, 0) is 6.42 Å². The summed E-state index contributed by atoms with van der Waals surface area (Å²) in [5.41, 5.74) is 3.26. The standard InChI is InChI=1S/C17H19ClFN/c1-3-20-17(10-13-6-4-5-12(2)9-13)15-11-14(19)7-8-16(15)18/h4-9,11,17,20H,3,10H2,1-2H3. The zero-order valence-corrected chi connectivity index (χ0v) is 12.5. The zero-order chi connectivity index (χ0) is 14.5. The third-order valence-corrected chi connectivity index (χ3v) is 3.65. The summed E-state index contributed by atoms with van der Waals surface area (Å²) in [4.78, 5) is 0. The average Bonchev–Trinajstić information content (AvgIpc) is 2.41. The fraction of sp³-hybridized carbons (Fsp3) is 0.294. The second-order valence-corrected chi connectivity index (χ2v) is 5.38. The second kappa shape index (κ2) is 6.87. The van der Waals surface area contributed by atoms with Gasteiger partial charge in [-0.05, 0) is 49.2 Å². The maximum Gasteiger partial charge on any atom is 0.123 e. The third kappa shape index (κ3) is 3.81. The molecule has 0 bridgehead atoms. The first-order chi connectivity index (χ1) is 9.60. The molecule has 0 aromatic heterocycles. The molecule has 0 saturated carbocycles. The van der Waals surface area contributed by atoms with Gasteiger partial charge in [-0.15, -0.1) is 0 Å². The number of rotatable bonds is 5. The predicted octanol–water partition coefficient (Wildman–Crippen LogP) is 4.68. The highest BCUT2D eigenvalue weighted by Gasteiger charge is 2.15. The molecule has 0 radical (unpaired) electrons. The summed E-state index contributed by atoms with van der Waals surface area (Å²) in [7, 11) is 0. The van der Waals surface area contributed by atoms with Gasteiger partial charge in [0.2, 0.25) is 0 Å². The second-order valence-electron chi connectivity index (χ2n) is 4.97. The molecule has 0 fully saturated rings. The molecule has 0 spiro atoms. The van der Waals surface area contributed by atoms with Crippen molar-refractivity contribution < 1.29 is 4.39 Å². The molecular weight excluding hydrogens is 273 g/mol. The fourth-order valence-electron chi connectivity index (χ4n) is 2.39. The number of hydrogen-bond donors (Lipinski definition) is 1. The Morgan fingerprint density at radius 2 is 2.00 bits per heavy atom. The van der Waals surface area contributed by atoms with Gasteiger partial charge in [-0.3, -0.25) is 0 Å². The predicted molar refractivity (Wildman–Crippen MR) is 82.7 cm³/mol. The lowest BCUT2D eigenvalue weighted by Crippen LogP contribution is -2.23. The first-order valence-electron chi connectivity index (χ1n) is 6.84. The number of benzene rings is 2. The summed E-state index contributed by atoms with van der Waals surface area (Å²) in [5, 5.41) is 3.99. The van der Waals surface area contributed by atoms with Crippen molar-refractivity contribution in [2.24, 2.45) is 0 Å². The summed E-state index contributed by atoms with van der Waals surface area (Å²) in [6.07, 6.45) is 0.790. The molecule has 2 aromatic rings. The monoisotopic (exact) mass is 291 g/mol. The van der Waals surface area contributed by atoms with E-state index in [1.165, 1.54) is 23.3 Å². The largest absolute Gasteiger partial charge is 0.310 e. The smallest absolute Gasteiger partial charge is 0.123 e. The molecule has 0 amide bonds. The molecule has 20 heavy (non-hydrogen) atoms. The number of aryl methyl sites for hydroxylation is 1. The lowest BCUT2D eigenvalue weighted by atomic mass is 9.97. The lowest BCUT2D eigenvalue weighted by molar-refractivity contribution is 0.543. The molecule has 0 heterocycles. The van der Waals surface area contributed by atoms with Crippen LogP contribution in [0.15, 0.2) is 42.5 Å². The van der Waals surface area contributed by atoms with Crippen LogP contribution in [0.3, 0.4) is 0 Å². The van der Waals surface area contributed by atoms with Crippen molar-refractivity contribution in [3.05, 3.63) is 70.0 Å². The van der Waals surface area contributed by atoms with Crippen LogP contribution in [0, 0.1) is 12.7 Å². The van der Waals surface area contributed by atoms with Crippen LogP contribution in [-0.4, -0.2) is 6.54 Å². The Labute approximate surface area is 124 Å². The van der Waals surface area contributed by atoms with Gasteiger partial charge >= 0.3 is 0 Å². The SMILES string of the molecule is CCNC(Cc1cccc(C)c1)c1cc(F)ccc1Cl. The van der Waals surface area contributed by atoms with Crippen molar-refractivity contribution in [1.82, 2.24) is 5.32 Å². The highest BCUT2D eigenvalue weighted by atomic mass is 35.5. The number of hydrogen-bond acceptors (Lipinski definition) is 1. The summed E-state index contributed by atoms with van der Waals surface area (Å²) in [6.45, 7) is 4.92. The van der Waals surface area contributed by atoms with Gasteiger partial charge in [0, 0.05) is 11.1 Å². The van der Waals surface area contributed by atoms with E-state index in [0.717, 1.165) is 18.5 Å². The maximum atomic E-state index is 13.5. The molecule has 106 valence electrons. The minimum Gasteiger partial charge on any atom is -0.310 e. The summed E-state index contributed by atoms with van der Waals surface area (Å²) < 4.78 is 13.5. The number of halogens is 2. The lowest BCUT2D eigenvalue weighted by Gasteiger charge is -2.20. The number of likely N-dealkylation sites (N-methyl/N-ethyl adjacent to an activating group) is 1. The minimum absolute atomic E-state index is 0.0185. The van der Waals surface area contributed by atoms with Crippen LogP contribution in [0.1, 0.15) is 29.7 Å². The Hall–Kier alpha value is -1.38. The Bertz CT molecular complexity index is 583. The topological polar surface area (TPSA) is 12.0 Å². The van der Waals surface area contributed by atoms with Crippen LogP contribution in [0.2, 0.25) is 5.02 Å². The van der Waals surface area contributed by atoms with Crippen molar-refractivity contribution in [1.29, 1.82) is 0 Å². The van der Waals surface area contributed by atoms with Gasteiger partial charge in [-0.1, -0.05) is 48.4 Å². The molecule has 1 N–H and O–H groups in total. The molecule has 0 saturated heterocycles. The minimum atomic E-state index is -0.253. The average molecular weight is 292 g/mol. The molecule has 3 heteroatoms. The fourth-order valence-corrected chi connectivity index (χ4v) is 2.64. The molecule has 2 rings (SSSR count). The van der Waals surface area contributed by atoms with Crippen LogP contribution >= 0.6 is 11.6 Å². The molecule has 1 unspecified atom stereocenters. The van der Waals surface area contributed by atoms with Crippen molar-refractivity contribution >= 4 is 11.6 Å². The third-order valence-electron chi connectivity index (χ3n) is 3.31. The van der Waals surface area contributed by atoms with E-state index in [-0.39, 0.29) is 11.9 Å². The van der Waals surface area contributed by atoms with Crippen molar-refractivity contribution in [3.8, 4) is 0 Å². The highest BCUT2D eigenvalue weighted by molar-refractivity contribution is 6.31. The quantitative estimate of drug-likeness (QED) is 0.843. The highest BCUT2D eigenvalue weighted by Crippen LogP contribution is 2.27. The van der Waals surface area contributed by atoms with Crippen LogP contribution in [0.5, 0.6) is 0 Å². The van der Waals surface area contributed by atoms with E-state index in [0.29, 0.717) is 5.02 Å². The van der Waals surface area contributed by atoms with E-state index < -0.39 is 0 Å². The van der Waals surface area contributed by atoms with Gasteiger partial charge in [-0.25, -0.2) is 4.39 Å². The van der Waals surface area contributed by atoms with E-state index in [9.17, 15) is 4.39 Å². The first kappa shape index (κ1) is 15.0. The summed E-state index contributed by atoms with van der Waals surface area (Å²) in [5.74, 6) is -0.253. The van der Waals surface area contributed by atoms with E-state index in [1.807, 2.05) is 13.0 Å². The number of nitrogens with one attached hydrogen (secondary N) is 1. The van der Waals surface area contributed by atoms with Crippen LogP contribution in [0.25, 0.3) is 0 Å². The van der Waals surface area contributed by atoms with Gasteiger partial charge in [0.15, 0.2) is 0 Å². The molecule has 0 aliphatic heterocycles. The van der Waals surface area contributed by atoms with Gasteiger partial charge in [-0.2, -0.15) is 0 Å². The first-order valence-corrected chi connectivity index (χ1v) is 7.22. The maximum absolute atomic E-state index is 13.5. The molecular formula is C17H19ClFN. The van der Waals surface area contributed by atoms with Crippen LogP contribution in [0.4, 0.5) is 4.39 Å². The van der Waals surface area contributed by atoms with E-state index in [2.05, 4.69) is 30.4 Å². The van der Waals surface area contributed by atoms with Gasteiger partial charge < -0.3 is 5.32 Å². The van der Waals surface area contributed by atoms with E-state index in [1.54, 1.807) is 6.07 Å². The molecule has 0 aliphatic rings. The Morgan fingerprint density at radius 1 is 1.20 bits per heavy atom. The molecule has 1 atom stereocenters. The van der Waals surface area contributed by atoms with E-state index >= 15 is 0 Å². The normalized spacial score (nSPS) is 12.4.